The van der Waals surface area contributed by atoms with Crippen molar-refractivity contribution in [3.63, 3.8) is 0 Å². The van der Waals surface area contributed by atoms with Crippen LogP contribution in [-0.4, -0.2) is 17.7 Å². The minimum atomic E-state index is -0.982. The van der Waals surface area contributed by atoms with Gasteiger partial charge in [-0.1, -0.05) is 23.2 Å². The van der Waals surface area contributed by atoms with E-state index in [1.807, 2.05) is 0 Å². The molecule has 1 atom stereocenters. The second-order valence-electron chi connectivity index (χ2n) is 4.55. The van der Waals surface area contributed by atoms with E-state index in [4.69, 9.17) is 23.2 Å². The van der Waals surface area contributed by atoms with Gasteiger partial charge in [-0.05, 0) is 38.0 Å². The van der Waals surface area contributed by atoms with Gasteiger partial charge >= 0.3 is 0 Å². The van der Waals surface area contributed by atoms with Crippen molar-refractivity contribution in [2.75, 3.05) is 6.54 Å². The Morgan fingerprint density at radius 3 is 2.75 bits per heavy atom. The number of nitrogens with one attached hydrogen (secondary N) is 1. The van der Waals surface area contributed by atoms with E-state index in [0.29, 0.717) is 28.2 Å². The van der Waals surface area contributed by atoms with Crippen molar-refractivity contribution in [1.29, 1.82) is 0 Å². The number of hydrogen-bond acceptors (Lipinski definition) is 2. The van der Waals surface area contributed by atoms with Gasteiger partial charge in [0.2, 0.25) is 0 Å². The first-order valence-electron chi connectivity index (χ1n) is 5.40. The molecule has 2 nitrogen and oxygen atoms in total. The molecule has 0 heterocycles. The molecule has 1 aromatic carbocycles. The van der Waals surface area contributed by atoms with Gasteiger partial charge in [-0.2, -0.15) is 0 Å². The van der Waals surface area contributed by atoms with Crippen LogP contribution in [0.3, 0.4) is 0 Å². The Hall–Kier alpha value is -0.280. The SMILES string of the molecule is CC(O)(CNC1CC1)c1cc(Cl)ccc1Cl. The quantitative estimate of drug-likeness (QED) is 0.872. The molecule has 1 aliphatic rings. The standard InChI is InChI=1S/C12H15Cl2NO/c1-12(16,7-15-9-3-4-9)10-6-8(13)2-5-11(10)14/h2,5-6,9,15-16H,3-4,7H2,1H3. The van der Waals surface area contributed by atoms with Gasteiger partial charge in [-0.3, -0.25) is 0 Å². The molecule has 0 aliphatic heterocycles. The zero-order valence-electron chi connectivity index (χ0n) is 9.13. The lowest BCUT2D eigenvalue weighted by atomic mass is 9.96. The summed E-state index contributed by atoms with van der Waals surface area (Å²) in [6.07, 6.45) is 2.39. The summed E-state index contributed by atoms with van der Waals surface area (Å²) in [6.45, 7) is 2.25. The van der Waals surface area contributed by atoms with E-state index in [2.05, 4.69) is 5.32 Å². The highest BCUT2D eigenvalue weighted by molar-refractivity contribution is 6.33. The maximum absolute atomic E-state index is 10.4. The molecule has 1 aromatic rings. The first kappa shape index (κ1) is 12.2. The average molecular weight is 260 g/mol. The summed E-state index contributed by atoms with van der Waals surface area (Å²) in [7, 11) is 0. The zero-order chi connectivity index (χ0) is 11.8. The van der Waals surface area contributed by atoms with Crippen LogP contribution < -0.4 is 5.32 Å². The molecular formula is C12H15Cl2NO. The summed E-state index contributed by atoms with van der Waals surface area (Å²) in [4.78, 5) is 0. The highest BCUT2D eigenvalue weighted by atomic mass is 35.5. The highest BCUT2D eigenvalue weighted by Crippen LogP contribution is 2.31. The van der Waals surface area contributed by atoms with Crippen molar-refractivity contribution in [2.45, 2.75) is 31.4 Å². The Balaban J connectivity index is 2.15. The molecule has 0 amide bonds. The average Bonchev–Trinajstić information content (AvgIpc) is 3.02. The fourth-order valence-corrected chi connectivity index (χ4v) is 2.13. The topological polar surface area (TPSA) is 32.3 Å². The molecule has 0 radical (unpaired) electrons. The van der Waals surface area contributed by atoms with E-state index in [1.54, 1.807) is 25.1 Å². The third-order valence-electron chi connectivity index (χ3n) is 2.82. The van der Waals surface area contributed by atoms with Crippen molar-refractivity contribution in [3.05, 3.63) is 33.8 Å². The number of hydrogen-bond donors (Lipinski definition) is 2. The molecular weight excluding hydrogens is 245 g/mol. The van der Waals surface area contributed by atoms with Gasteiger partial charge in [0, 0.05) is 28.2 Å². The molecule has 1 aliphatic carbocycles. The van der Waals surface area contributed by atoms with Crippen LogP contribution in [0, 0.1) is 0 Å². The highest BCUT2D eigenvalue weighted by Gasteiger charge is 2.29. The maximum Gasteiger partial charge on any atom is 0.101 e. The minimum Gasteiger partial charge on any atom is -0.384 e. The molecule has 1 fully saturated rings. The Morgan fingerprint density at radius 2 is 2.12 bits per heavy atom. The first-order valence-corrected chi connectivity index (χ1v) is 6.16. The molecule has 0 bridgehead atoms. The largest absolute Gasteiger partial charge is 0.384 e. The lowest BCUT2D eigenvalue weighted by Gasteiger charge is -2.25. The third kappa shape index (κ3) is 2.89. The fourth-order valence-electron chi connectivity index (χ4n) is 1.64. The van der Waals surface area contributed by atoms with Gasteiger partial charge in [-0.15, -0.1) is 0 Å². The normalized spacial score (nSPS) is 19.5. The van der Waals surface area contributed by atoms with Crippen LogP contribution in [0.5, 0.6) is 0 Å². The van der Waals surface area contributed by atoms with Crippen LogP contribution in [0.15, 0.2) is 18.2 Å². The minimum absolute atomic E-state index is 0.498. The molecule has 2 N–H and O–H groups in total. The molecule has 2 rings (SSSR count). The van der Waals surface area contributed by atoms with Crippen LogP contribution in [0.25, 0.3) is 0 Å². The van der Waals surface area contributed by atoms with Crippen molar-refractivity contribution in [3.8, 4) is 0 Å². The summed E-state index contributed by atoms with van der Waals surface area (Å²) < 4.78 is 0. The summed E-state index contributed by atoms with van der Waals surface area (Å²) in [5, 5.41) is 14.8. The smallest absolute Gasteiger partial charge is 0.101 e. The summed E-state index contributed by atoms with van der Waals surface area (Å²) in [5.41, 5.74) is -0.306. The predicted molar refractivity (Wildman–Crippen MR) is 67.1 cm³/mol. The summed E-state index contributed by atoms with van der Waals surface area (Å²) in [6, 6.07) is 5.71. The maximum atomic E-state index is 10.4. The second kappa shape index (κ2) is 4.53. The van der Waals surface area contributed by atoms with E-state index in [1.165, 1.54) is 12.8 Å². The molecule has 0 saturated heterocycles. The molecule has 16 heavy (non-hydrogen) atoms. The van der Waals surface area contributed by atoms with Crippen molar-refractivity contribution < 1.29 is 5.11 Å². The summed E-state index contributed by atoms with van der Waals surface area (Å²) in [5.74, 6) is 0. The van der Waals surface area contributed by atoms with E-state index in [9.17, 15) is 5.11 Å². The predicted octanol–water partition coefficient (Wildman–Crippen LogP) is 2.95. The lowest BCUT2D eigenvalue weighted by molar-refractivity contribution is 0.0567. The van der Waals surface area contributed by atoms with E-state index >= 15 is 0 Å². The van der Waals surface area contributed by atoms with Gasteiger partial charge in [0.15, 0.2) is 0 Å². The lowest BCUT2D eigenvalue weighted by Crippen LogP contribution is -2.36. The van der Waals surface area contributed by atoms with Crippen molar-refractivity contribution in [1.82, 2.24) is 5.32 Å². The van der Waals surface area contributed by atoms with E-state index in [0.717, 1.165) is 0 Å². The number of aliphatic hydroxyl groups is 1. The van der Waals surface area contributed by atoms with Crippen LogP contribution in [-0.2, 0) is 5.60 Å². The van der Waals surface area contributed by atoms with Crippen LogP contribution in [0.1, 0.15) is 25.3 Å². The fraction of sp³-hybridized carbons (Fsp3) is 0.500. The number of rotatable bonds is 4. The van der Waals surface area contributed by atoms with Gasteiger partial charge in [0.1, 0.15) is 5.60 Å². The molecule has 4 heteroatoms. The van der Waals surface area contributed by atoms with Gasteiger partial charge in [0.05, 0.1) is 0 Å². The van der Waals surface area contributed by atoms with Crippen molar-refractivity contribution in [2.24, 2.45) is 0 Å². The third-order valence-corrected chi connectivity index (χ3v) is 3.39. The second-order valence-corrected chi connectivity index (χ2v) is 5.40. The van der Waals surface area contributed by atoms with Crippen LogP contribution >= 0.6 is 23.2 Å². The molecule has 1 saturated carbocycles. The van der Waals surface area contributed by atoms with Gasteiger partial charge < -0.3 is 10.4 Å². The number of benzene rings is 1. The summed E-state index contributed by atoms with van der Waals surface area (Å²) >= 11 is 12.0. The molecule has 88 valence electrons. The Kier molecular flexibility index (Phi) is 3.45. The van der Waals surface area contributed by atoms with Crippen molar-refractivity contribution >= 4 is 23.2 Å². The van der Waals surface area contributed by atoms with Crippen LogP contribution in [0.2, 0.25) is 10.0 Å². The zero-order valence-corrected chi connectivity index (χ0v) is 10.6. The first-order chi connectivity index (χ1) is 7.49. The van der Waals surface area contributed by atoms with Gasteiger partial charge in [-0.25, -0.2) is 0 Å². The Labute approximate surface area is 106 Å². The van der Waals surface area contributed by atoms with Crippen LogP contribution in [0.4, 0.5) is 0 Å². The molecule has 0 aromatic heterocycles. The Morgan fingerprint density at radius 1 is 1.44 bits per heavy atom. The Bertz CT molecular complexity index is 389. The monoisotopic (exact) mass is 259 g/mol. The number of halogens is 2. The van der Waals surface area contributed by atoms with E-state index < -0.39 is 5.60 Å². The van der Waals surface area contributed by atoms with Gasteiger partial charge in [0.25, 0.3) is 0 Å². The van der Waals surface area contributed by atoms with E-state index in [-0.39, 0.29) is 0 Å². The molecule has 1 unspecified atom stereocenters. The molecule has 0 spiro atoms.